The molecule has 0 N–H and O–H groups in total. The van der Waals surface area contributed by atoms with Crippen LogP contribution in [0.15, 0.2) is 37.0 Å². The van der Waals surface area contributed by atoms with Gasteiger partial charge in [-0.2, -0.15) is 0 Å². The molecule has 0 aliphatic heterocycles. The molecule has 1 fully saturated rings. The molecule has 0 radical (unpaired) electrons. The maximum absolute atomic E-state index is 3.56. The first-order valence-corrected chi connectivity index (χ1v) is 8.30. The van der Waals surface area contributed by atoms with Crippen molar-refractivity contribution >= 4 is 0 Å². The third-order valence-corrected chi connectivity index (χ3v) is 1.74. The maximum atomic E-state index is 3.56. The Hall–Kier alpha value is -0.780. The lowest BCUT2D eigenvalue weighted by Crippen LogP contribution is -2.04. The van der Waals surface area contributed by atoms with Crippen LogP contribution < -0.4 is 0 Å². The van der Waals surface area contributed by atoms with E-state index in [9.17, 15) is 0 Å². The van der Waals surface area contributed by atoms with Crippen LogP contribution in [0.4, 0.5) is 0 Å². The highest BCUT2D eigenvalue weighted by Crippen LogP contribution is 2.24. The second-order valence-electron chi connectivity index (χ2n) is 4.29. The first kappa shape index (κ1) is 31.6. The van der Waals surface area contributed by atoms with E-state index in [-0.39, 0.29) is 0 Å². The summed E-state index contributed by atoms with van der Waals surface area (Å²) in [5.74, 6) is 1.06. The molecule has 0 atom stereocenters. The Morgan fingerprint density at radius 1 is 0.850 bits per heavy atom. The van der Waals surface area contributed by atoms with Crippen molar-refractivity contribution in [2.24, 2.45) is 5.92 Å². The summed E-state index contributed by atoms with van der Waals surface area (Å²) in [5, 5.41) is 0. The van der Waals surface area contributed by atoms with Crippen LogP contribution in [-0.2, 0) is 0 Å². The second-order valence-corrected chi connectivity index (χ2v) is 4.29. The van der Waals surface area contributed by atoms with Crippen LogP contribution in [0.3, 0.4) is 0 Å². The highest BCUT2D eigenvalue weighted by Gasteiger charge is 2.09. The zero-order chi connectivity index (χ0) is 17.6. The van der Waals surface area contributed by atoms with E-state index in [2.05, 4.69) is 26.7 Å². The van der Waals surface area contributed by atoms with Gasteiger partial charge >= 0.3 is 0 Å². The quantitative estimate of drug-likeness (QED) is 0.336. The standard InChI is InChI=1S/C5H10.C5H8.C4H8.3C2H6/c1-5-3-2-4-5;1-4-5(2)3;1-4(2)3;3*1-2/h5H,2-4H2,1H3;4H,1-2H2,3H3;1H2,2-3H3;3*1-2H3. The molecule has 0 nitrogen and oxygen atoms in total. The Bertz CT molecular complexity index is 166. The average Bonchev–Trinajstić information content (AvgIpc) is 2.43. The lowest BCUT2D eigenvalue weighted by Gasteiger charge is -2.18. The first-order valence-electron chi connectivity index (χ1n) is 8.30. The second kappa shape index (κ2) is 36.2. The van der Waals surface area contributed by atoms with Crippen molar-refractivity contribution < 1.29 is 0 Å². The van der Waals surface area contributed by atoms with Gasteiger partial charge in [-0.25, -0.2) is 0 Å². The van der Waals surface area contributed by atoms with Crippen LogP contribution in [0.5, 0.6) is 0 Å². The Kier molecular flexibility index (Phi) is 57.1. The highest BCUT2D eigenvalue weighted by atomic mass is 14.1. The molecule has 1 aliphatic rings. The fourth-order valence-electron chi connectivity index (χ4n) is 0.612. The largest absolute Gasteiger partial charge is 0.100 e. The molecule has 0 bridgehead atoms. The van der Waals surface area contributed by atoms with Crippen LogP contribution in [0.2, 0.25) is 0 Å². The van der Waals surface area contributed by atoms with Crippen LogP contribution in [0.1, 0.15) is 88.5 Å². The zero-order valence-corrected chi connectivity index (χ0v) is 16.4. The van der Waals surface area contributed by atoms with Crippen molar-refractivity contribution in [3.8, 4) is 0 Å². The summed E-state index contributed by atoms with van der Waals surface area (Å²) in [6.45, 7) is 30.7. The van der Waals surface area contributed by atoms with Gasteiger partial charge < -0.3 is 0 Å². The van der Waals surface area contributed by atoms with Crippen molar-refractivity contribution in [2.45, 2.75) is 88.5 Å². The Labute approximate surface area is 132 Å². The third kappa shape index (κ3) is 86.9. The van der Waals surface area contributed by atoms with E-state index in [0.29, 0.717) is 0 Å². The highest BCUT2D eigenvalue weighted by molar-refractivity contribution is 5.05. The molecule has 0 aromatic rings. The lowest BCUT2D eigenvalue weighted by molar-refractivity contribution is 0.346. The summed E-state index contributed by atoms with van der Waals surface area (Å²) in [4.78, 5) is 0. The predicted octanol–water partition coefficient (Wildman–Crippen LogP) is 8.22. The Morgan fingerprint density at radius 3 is 1.00 bits per heavy atom. The Balaban J connectivity index is -0.0000000477. The summed E-state index contributed by atoms with van der Waals surface area (Å²) in [5.41, 5.74) is 2.19. The molecule has 20 heavy (non-hydrogen) atoms. The van der Waals surface area contributed by atoms with Crippen LogP contribution in [0, 0.1) is 5.92 Å². The summed E-state index contributed by atoms with van der Waals surface area (Å²) < 4.78 is 0. The molecule has 0 saturated heterocycles. The molecule has 124 valence electrons. The van der Waals surface area contributed by atoms with E-state index >= 15 is 0 Å². The zero-order valence-electron chi connectivity index (χ0n) is 16.4. The first-order chi connectivity index (χ1) is 9.40. The molecule has 0 spiro atoms. The monoisotopic (exact) mass is 284 g/mol. The van der Waals surface area contributed by atoms with Crippen molar-refractivity contribution in [1.82, 2.24) is 0 Å². The van der Waals surface area contributed by atoms with Crippen molar-refractivity contribution in [2.75, 3.05) is 0 Å². The number of hydrogen-bond donors (Lipinski definition) is 0. The molecule has 0 amide bonds. The van der Waals surface area contributed by atoms with Gasteiger partial charge in [0.05, 0.1) is 0 Å². The molecule has 0 unspecified atom stereocenters. The maximum Gasteiger partial charge on any atom is -0.0404 e. The molecule has 1 aliphatic carbocycles. The molecular formula is C20H44. The van der Waals surface area contributed by atoms with Gasteiger partial charge in [0.2, 0.25) is 0 Å². The molecule has 0 aromatic carbocycles. The summed E-state index contributed by atoms with van der Waals surface area (Å²) in [6.07, 6.45) is 6.18. The molecule has 1 saturated carbocycles. The van der Waals surface area contributed by atoms with Crippen molar-refractivity contribution in [3.63, 3.8) is 0 Å². The van der Waals surface area contributed by atoms with Gasteiger partial charge in [0.1, 0.15) is 0 Å². The SMILES string of the molecule is C=C(C)C.C=CC(=C)C.CC.CC.CC.CC1CCC1. The topological polar surface area (TPSA) is 0 Å². The summed E-state index contributed by atoms with van der Waals surface area (Å²) >= 11 is 0. The smallest absolute Gasteiger partial charge is 0.0404 e. The van der Waals surface area contributed by atoms with Crippen LogP contribution in [0.25, 0.3) is 0 Å². The van der Waals surface area contributed by atoms with E-state index < -0.39 is 0 Å². The van der Waals surface area contributed by atoms with Crippen molar-refractivity contribution in [3.05, 3.63) is 37.0 Å². The minimum Gasteiger partial charge on any atom is -0.100 e. The fourth-order valence-corrected chi connectivity index (χ4v) is 0.612. The number of rotatable bonds is 1. The van der Waals surface area contributed by atoms with Gasteiger partial charge in [-0.3, -0.25) is 0 Å². The van der Waals surface area contributed by atoms with E-state index in [4.69, 9.17) is 0 Å². The normalized spacial score (nSPS) is 10.3. The molecular weight excluding hydrogens is 240 g/mol. The van der Waals surface area contributed by atoms with Gasteiger partial charge in [0.15, 0.2) is 0 Å². The van der Waals surface area contributed by atoms with Gasteiger partial charge in [0.25, 0.3) is 0 Å². The van der Waals surface area contributed by atoms with Crippen molar-refractivity contribution in [1.29, 1.82) is 0 Å². The fraction of sp³-hybridized carbons (Fsp3) is 0.700. The number of allylic oxidation sites excluding steroid dienone is 3. The minimum atomic E-state index is 1.02. The van der Waals surface area contributed by atoms with E-state index in [1.54, 1.807) is 6.08 Å². The van der Waals surface area contributed by atoms with Crippen LogP contribution >= 0.6 is 0 Å². The van der Waals surface area contributed by atoms with E-state index in [0.717, 1.165) is 11.5 Å². The average molecular weight is 285 g/mol. The molecule has 0 aromatic heterocycles. The van der Waals surface area contributed by atoms with Gasteiger partial charge in [0, 0.05) is 0 Å². The Morgan fingerprint density at radius 2 is 1.00 bits per heavy atom. The summed E-state index contributed by atoms with van der Waals surface area (Å²) in [7, 11) is 0. The minimum absolute atomic E-state index is 1.02. The predicted molar refractivity (Wildman–Crippen MR) is 103 cm³/mol. The lowest BCUT2D eigenvalue weighted by atomic mass is 9.88. The van der Waals surface area contributed by atoms with Crippen LogP contribution in [-0.4, -0.2) is 0 Å². The molecule has 0 heteroatoms. The third-order valence-electron chi connectivity index (χ3n) is 1.74. The van der Waals surface area contributed by atoms with Gasteiger partial charge in [-0.1, -0.05) is 98.1 Å². The molecule has 1 rings (SSSR count). The van der Waals surface area contributed by atoms with E-state index in [1.807, 2.05) is 62.3 Å². The van der Waals surface area contributed by atoms with Gasteiger partial charge in [-0.05, 0) is 26.7 Å². The summed E-state index contributed by atoms with van der Waals surface area (Å²) in [6, 6.07) is 0. The number of hydrogen-bond acceptors (Lipinski definition) is 0. The van der Waals surface area contributed by atoms with E-state index in [1.165, 1.54) is 24.8 Å². The van der Waals surface area contributed by atoms with Gasteiger partial charge in [-0.15, -0.1) is 6.58 Å². The molecule has 0 heterocycles.